The Balaban J connectivity index is 2.09. The largest absolute Gasteiger partial charge is 0.508 e. The number of amides is 1. The van der Waals surface area contributed by atoms with Gasteiger partial charge in [-0.3, -0.25) is 4.79 Å². The zero-order valence-corrected chi connectivity index (χ0v) is 12.9. The average molecular weight is 308 g/mol. The van der Waals surface area contributed by atoms with Gasteiger partial charge in [0.15, 0.2) is 6.61 Å². The summed E-state index contributed by atoms with van der Waals surface area (Å²) in [5.41, 5.74) is 1.10. The van der Waals surface area contributed by atoms with Crippen molar-refractivity contribution in [1.82, 2.24) is 5.32 Å². The zero-order chi connectivity index (χ0) is 15.9. The fraction of sp³-hybridized carbons (Fsp3) is 0.562. The van der Waals surface area contributed by atoms with E-state index in [1.54, 1.807) is 6.07 Å². The first-order valence-corrected chi connectivity index (χ1v) is 7.79. The van der Waals surface area contributed by atoms with Gasteiger partial charge in [0.05, 0.1) is 18.3 Å². The Kier molecular flexibility index (Phi) is 6.03. The lowest BCUT2D eigenvalue weighted by atomic mass is 10.0. The number of aliphatic hydroxyl groups excluding tert-OH is 1. The maximum atomic E-state index is 11.4. The molecule has 1 aliphatic heterocycles. The van der Waals surface area contributed by atoms with Gasteiger partial charge in [-0.25, -0.2) is 0 Å². The van der Waals surface area contributed by atoms with Crippen LogP contribution in [0.25, 0.3) is 0 Å². The SMILES string of the molecule is CCCCCCNC(CO)c1cc(O)cc2c1OCC(=O)N2. The molecule has 6 heteroatoms. The number of hydrogen-bond acceptors (Lipinski definition) is 5. The molecule has 1 atom stereocenters. The second-order valence-corrected chi connectivity index (χ2v) is 5.50. The standard InChI is InChI=1S/C16H24N2O4/c1-2-3-4-5-6-17-14(9-19)12-7-11(20)8-13-16(12)22-10-15(21)18-13/h7-8,14,17,19-20H,2-6,9-10H2,1H3,(H,18,21). The number of aliphatic hydroxyl groups is 1. The van der Waals surface area contributed by atoms with E-state index in [2.05, 4.69) is 17.6 Å². The molecule has 1 aromatic rings. The molecule has 4 N–H and O–H groups in total. The number of unbranched alkanes of at least 4 members (excludes halogenated alkanes) is 3. The third kappa shape index (κ3) is 4.11. The van der Waals surface area contributed by atoms with Crippen molar-refractivity contribution in [1.29, 1.82) is 0 Å². The molecular weight excluding hydrogens is 284 g/mol. The molecule has 1 aromatic carbocycles. The van der Waals surface area contributed by atoms with E-state index in [1.807, 2.05) is 0 Å². The van der Waals surface area contributed by atoms with Crippen molar-refractivity contribution in [2.45, 2.75) is 38.6 Å². The number of phenols is 1. The minimum atomic E-state index is -0.336. The van der Waals surface area contributed by atoms with Crippen molar-refractivity contribution in [2.24, 2.45) is 0 Å². The molecular formula is C16H24N2O4. The van der Waals surface area contributed by atoms with Crippen LogP contribution in [-0.2, 0) is 4.79 Å². The van der Waals surface area contributed by atoms with Gasteiger partial charge in [0, 0.05) is 11.6 Å². The Hall–Kier alpha value is -1.79. The predicted octanol–water partition coefficient (Wildman–Crippen LogP) is 1.93. The van der Waals surface area contributed by atoms with E-state index >= 15 is 0 Å². The van der Waals surface area contributed by atoms with Crippen LogP contribution in [-0.4, -0.2) is 35.9 Å². The van der Waals surface area contributed by atoms with Crippen molar-refractivity contribution in [3.63, 3.8) is 0 Å². The molecule has 2 rings (SSSR count). The van der Waals surface area contributed by atoms with Gasteiger partial charge in [0.1, 0.15) is 11.5 Å². The summed E-state index contributed by atoms with van der Waals surface area (Å²) in [4.78, 5) is 11.4. The fourth-order valence-electron chi connectivity index (χ4n) is 2.57. The second-order valence-electron chi connectivity index (χ2n) is 5.50. The Bertz CT molecular complexity index is 519. The lowest BCUT2D eigenvalue weighted by Gasteiger charge is -2.25. The van der Waals surface area contributed by atoms with E-state index < -0.39 is 0 Å². The molecule has 0 spiro atoms. The number of anilines is 1. The Morgan fingerprint density at radius 1 is 1.36 bits per heavy atom. The first-order chi connectivity index (χ1) is 10.7. The topological polar surface area (TPSA) is 90.8 Å². The molecule has 1 aliphatic rings. The summed E-state index contributed by atoms with van der Waals surface area (Å²) in [6.07, 6.45) is 4.55. The minimum absolute atomic E-state index is 0.0331. The van der Waals surface area contributed by atoms with Gasteiger partial charge in [-0.05, 0) is 19.0 Å². The number of phenolic OH excluding ortho intramolecular Hbond substituents is 1. The average Bonchev–Trinajstić information content (AvgIpc) is 2.50. The molecule has 0 saturated heterocycles. The summed E-state index contributed by atoms with van der Waals surface area (Å²) < 4.78 is 5.48. The lowest BCUT2D eigenvalue weighted by molar-refractivity contribution is -0.118. The molecule has 0 aromatic heterocycles. The van der Waals surface area contributed by atoms with E-state index in [-0.39, 0.29) is 30.9 Å². The molecule has 6 nitrogen and oxygen atoms in total. The van der Waals surface area contributed by atoms with Crippen molar-refractivity contribution < 1.29 is 19.7 Å². The molecule has 0 radical (unpaired) electrons. The third-order valence-electron chi connectivity index (χ3n) is 3.70. The van der Waals surface area contributed by atoms with Crippen LogP contribution in [0.15, 0.2) is 12.1 Å². The Labute approximate surface area is 130 Å². The molecule has 0 bridgehead atoms. The van der Waals surface area contributed by atoms with E-state index in [1.165, 1.54) is 18.9 Å². The van der Waals surface area contributed by atoms with Gasteiger partial charge >= 0.3 is 0 Å². The van der Waals surface area contributed by atoms with Crippen LogP contribution in [0.5, 0.6) is 11.5 Å². The van der Waals surface area contributed by atoms with Gasteiger partial charge in [0.25, 0.3) is 5.91 Å². The number of carbonyl (C=O) groups is 1. The summed E-state index contributed by atoms with van der Waals surface area (Å²) in [7, 11) is 0. The van der Waals surface area contributed by atoms with Gasteiger partial charge in [-0.1, -0.05) is 26.2 Å². The van der Waals surface area contributed by atoms with Crippen LogP contribution in [0, 0.1) is 0 Å². The van der Waals surface area contributed by atoms with Gasteiger partial charge in [0.2, 0.25) is 0 Å². The Morgan fingerprint density at radius 2 is 2.18 bits per heavy atom. The van der Waals surface area contributed by atoms with Crippen LogP contribution in [0.1, 0.15) is 44.2 Å². The molecule has 1 unspecified atom stereocenters. The fourth-order valence-corrected chi connectivity index (χ4v) is 2.57. The van der Waals surface area contributed by atoms with Crippen molar-refractivity contribution in [3.05, 3.63) is 17.7 Å². The van der Waals surface area contributed by atoms with Crippen LogP contribution < -0.4 is 15.4 Å². The number of hydrogen-bond donors (Lipinski definition) is 4. The van der Waals surface area contributed by atoms with Crippen molar-refractivity contribution in [2.75, 3.05) is 25.1 Å². The number of benzene rings is 1. The van der Waals surface area contributed by atoms with Crippen LogP contribution >= 0.6 is 0 Å². The molecule has 0 saturated carbocycles. The van der Waals surface area contributed by atoms with E-state index in [4.69, 9.17) is 4.74 Å². The van der Waals surface area contributed by atoms with Crippen molar-refractivity contribution in [3.8, 4) is 11.5 Å². The molecule has 1 heterocycles. The maximum absolute atomic E-state index is 11.4. The highest BCUT2D eigenvalue weighted by Crippen LogP contribution is 2.38. The van der Waals surface area contributed by atoms with Crippen molar-refractivity contribution >= 4 is 11.6 Å². The minimum Gasteiger partial charge on any atom is -0.508 e. The van der Waals surface area contributed by atoms with Gasteiger partial charge in [-0.15, -0.1) is 0 Å². The van der Waals surface area contributed by atoms with Crippen LogP contribution in [0.4, 0.5) is 5.69 Å². The second kappa shape index (κ2) is 8.00. The summed E-state index contributed by atoms with van der Waals surface area (Å²) in [6, 6.07) is 2.68. The normalized spacial score (nSPS) is 14.9. The summed E-state index contributed by atoms with van der Waals surface area (Å²) in [5.74, 6) is 0.292. The number of nitrogens with one attached hydrogen (secondary N) is 2. The van der Waals surface area contributed by atoms with Crippen LogP contribution in [0.2, 0.25) is 0 Å². The molecule has 1 amide bonds. The summed E-state index contributed by atoms with van der Waals surface area (Å²) in [6.45, 7) is 2.77. The number of fused-ring (bicyclic) bond motifs is 1. The monoisotopic (exact) mass is 308 g/mol. The van der Waals surface area contributed by atoms with E-state index in [0.717, 1.165) is 19.4 Å². The molecule has 0 fully saturated rings. The number of rotatable bonds is 8. The highest BCUT2D eigenvalue weighted by atomic mass is 16.5. The first kappa shape index (κ1) is 16.6. The predicted molar refractivity (Wildman–Crippen MR) is 84.2 cm³/mol. The quantitative estimate of drug-likeness (QED) is 0.551. The number of aromatic hydroxyl groups is 1. The first-order valence-electron chi connectivity index (χ1n) is 7.79. The molecule has 122 valence electrons. The summed E-state index contributed by atoms with van der Waals surface area (Å²) >= 11 is 0. The highest BCUT2D eigenvalue weighted by Gasteiger charge is 2.24. The smallest absolute Gasteiger partial charge is 0.262 e. The highest BCUT2D eigenvalue weighted by molar-refractivity contribution is 5.96. The number of carbonyl (C=O) groups excluding carboxylic acids is 1. The lowest BCUT2D eigenvalue weighted by Crippen LogP contribution is -2.30. The maximum Gasteiger partial charge on any atom is 0.262 e. The van der Waals surface area contributed by atoms with E-state index in [0.29, 0.717) is 17.0 Å². The molecule has 0 aliphatic carbocycles. The molecule has 22 heavy (non-hydrogen) atoms. The van der Waals surface area contributed by atoms with Gasteiger partial charge in [-0.2, -0.15) is 0 Å². The van der Waals surface area contributed by atoms with Crippen LogP contribution in [0.3, 0.4) is 0 Å². The van der Waals surface area contributed by atoms with E-state index in [9.17, 15) is 15.0 Å². The van der Waals surface area contributed by atoms with Gasteiger partial charge < -0.3 is 25.6 Å². The third-order valence-corrected chi connectivity index (χ3v) is 3.70. The Morgan fingerprint density at radius 3 is 2.91 bits per heavy atom. The zero-order valence-electron chi connectivity index (χ0n) is 12.9. The summed E-state index contributed by atoms with van der Waals surface area (Å²) in [5, 5.41) is 25.4. The number of ether oxygens (including phenoxy) is 1.